The maximum Gasteiger partial charge on any atom is 0.262 e. The van der Waals surface area contributed by atoms with E-state index >= 15 is 0 Å². The van der Waals surface area contributed by atoms with Gasteiger partial charge in [0.25, 0.3) is 5.91 Å². The number of aromatic nitrogens is 2. The molecule has 2 aromatic carbocycles. The predicted molar refractivity (Wildman–Crippen MR) is 135 cm³/mol. The van der Waals surface area contributed by atoms with Gasteiger partial charge in [-0.25, -0.2) is 0 Å². The van der Waals surface area contributed by atoms with Crippen molar-refractivity contribution in [2.24, 2.45) is 7.05 Å². The highest BCUT2D eigenvalue weighted by molar-refractivity contribution is 7.20. The third kappa shape index (κ3) is 5.49. The fourth-order valence-electron chi connectivity index (χ4n) is 3.63. The topological polar surface area (TPSA) is 125 Å². The molecule has 1 atom stereocenters. The molecule has 0 aliphatic carbocycles. The zero-order valence-corrected chi connectivity index (χ0v) is 20.1. The molecule has 0 unspecified atom stereocenters. The minimum Gasteiger partial charge on any atom is -0.508 e. The van der Waals surface area contributed by atoms with Crippen molar-refractivity contribution in [1.29, 1.82) is 0 Å². The first-order valence-corrected chi connectivity index (χ1v) is 11.8. The maximum atomic E-state index is 13.2. The number of nitrogens with one attached hydrogen (secondary N) is 3. The number of anilines is 1. The second kappa shape index (κ2) is 10.4. The molecule has 3 amide bonds. The van der Waals surface area contributed by atoms with Crippen LogP contribution in [0.5, 0.6) is 5.75 Å². The Labute approximate surface area is 205 Å². The summed E-state index contributed by atoms with van der Waals surface area (Å²) in [5, 5.41) is 22.9. The summed E-state index contributed by atoms with van der Waals surface area (Å²) in [5.41, 5.74) is 2.19. The Balaban J connectivity index is 1.56. The number of carbonyl (C=O) groups excluding carboxylic acids is 3. The van der Waals surface area contributed by atoms with Crippen LogP contribution < -0.4 is 16.0 Å². The normalized spacial score (nSPS) is 11.7. The molecule has 0 aliphatic rings. The van der Waals surface area contributed by atoms with Gasteiger partial charge in [0.15, 0.2) is 0 Å². The first-order chi connectivity index (χ1) is 16.9. The lowest BCUT2D eigenvalue weighted by Gasteiger charge is -2.18. The number of benzene rings is 2. The summed E-state index contributed by atoms with van der Waals surface area (Å²) < 4.78 is 1.74. The van der Waals surface area contributed by atoms with Crippen molar-refractivity contribution in [3.8, 4) is 17.0 Å². The number of amides is 3. The number of phenolic OH excluding ortho intramolecular Hbond substituents is 1. The lowest BCUT2D eigenvalue weighted by Crippen LogP contribution is -2.44. The smallest absolute Gasteiger partial charge is 0.262 e. The molecule has 0 spiro atoms. The average Bonchev–Trinajstić information content (AvgIpc) is 3.44. The molecule has 4 rings (SSSR count). The quantitative estimate of drug-likeness (QED) is 0.282. The molecule has 0 saturated carbocycles. The summed E-state index contributed by atoms with van der Waals surface area (Å²) in [4.78, 5) is 39.2. The van der Waals surface area contributed by atoms with E-state index in [0.717, 1.165) is 21.5 Å². The Morgan fingerprint density at radius 3 is 2.49 bits per heavy atom. The molecule has 9 nitrogen and oxygen atoms in total. The lowest BCUT2D eigenvalue weighted by atomic mass is 10.1. The Morgan fingerprint density at radius 2 is 1.80 bits per heavy atom. The van der Waals surface area contributed by atoms with Crippen LogP contribution in [0.3, 0.4) is 0 Å². The van der Waals surface area contributed by atoms with E-state index in [-0.39, 0.29) is 24.5 Å². The Kier molecular flexibility index (Phi) is 7.11. The van der Waals surface area contributed by atoms with Gasteiger partial charge in [-0.2, -0.15) is 5.10 Å². The number of hydrogen-bond acceptors (Lipinski definition) is 6. The van der Waals surface area contributed by atoms with Crippen LogP contribution in [0.2, 0.25) is 0 Å². The highest BCUT2D eigenvalue weighted by atomic mass is 32.1. The summed E-state index contributed by atoms with van der Waals surface area (Å²) >= 11 is 1.29. The number of thiophene rings is 1. The molecule has 180 valence electrons. The van der Waals surface area contributed by atoms with Crippen LogP contribution in [0, 0.1) is 0 Å². The molecule has 0 saturated heterocycles. The molecule has 4 aromatic rings. The predicted octanol–water partition coefficient (Wildman–Crippen LogP) is 3.27. The number of fused-ring (bicyclic) bond motifs is 1. The van der Waals surface area contributed by atoms with E-state index in [9.17, 15) is 19.5 Å². The summed E-state index contributed by atoms with van der Waals surface area (Å²) in [6, 6.07) is 16.5. The molecule has 0 fully saturated rings. The average molecular weight is 492 g/mol. The molecule has 10 heteroatoms. The van der Waals surface area contributed by atoms with Crippen molar-refractivity contribution >= 4 is 45.0 Å². The van der Waals surface area contributed by atoms with E-state index in [0.29, 0.717) is 10.6 Å². The van der Waals surface area contributed by atoms with E-state index in [1.165, 1.54) is 30.5 Å². The number of carbonyl (C=O) groups is 3. The van der Waals surface area contributed by atoms with E-state index in [4.69, 9.17) is 0 Å². The van der Waals surface area contributed by atoms with Gasteiger partial charge in [-0.3, -0.25) is 19.1 Å². The fraction of sp³-hybridized carbons (Fsp3) is 0.200. The van der Waals surface area contributed by atoms with Crippen LogP contribution >= 0.6 is 11.3 Å². The van der Waals surface area contributed by atoms with Gasteiger partial charge < -0.3 is 21.1 Å². The van der Waals surface area contributed by atoms with E-state index in [1.807, 2.05) is 37.4 Å². The third-order valence-electron chi connectivity index (χ3n) is 5.48. The minimum absolute atomic E-state index is 0.0684. The van der Waals surface area contributed by atoms with Crippen molar-refractivity contribution in [3.05, 3.63) is 65.5 Å². The van der Waals surface area contributed by atoms with Crippen LogP contribution in [0.25, 0.3) is 21.5 Å². The molecule has 4 N–H and O–H groups in total. The standard InChI is InChI=1S/C25H25N5O4S/c1-26-21(32)13-12-19(23(33)27-16-8-10-17(31)11-9-16)28-24(34)20-14-18-22(15-6-4-3-5-7-15)29-30(2)25(18)35-20/h3-11,14,19,31H,12-13H2,1-2H3,(H,26,32)(H,27,33)(H,28,34)/t19-/m0/s1. The minimum atomic E-state index is -0.939. The zero-order chi connectivity index (χ0) is 24.9. The first-order valence-electron chi connectivity index (χ1n) is 11.0. The number of phenols is 1. The van der Waals surface area contributed by atoms with Gasteiger partial charge in [0.05, 0.1) is 4.88 Å². The molecule has 35 heavy (non-hydrogen) atoms. The molecule has 0 aliphatic heterocycles. The Hall–Kier alpha value is -4.18. The molecule has 2 heterocycles. The van der Waals surface area contributed by atoms with E-state index in [1.54, 1.807) is 22.9 Å². The zero-order valence-electron chi connectivity index (χ0n) is 19.2. The van der Waals surface area contributed by atoms with Gasteiger partial charge in [-0.15, -0.1) is 11.3 Å². The van der Waals surface area contributed by atoms with E-state index < -0.39 is 17.9 Å². The van der Waals surface area contributed by atoms with Gasteiger partial charge in [0, 0.05) is 37.2 Å². The van der Waals surface area contributed by atoms with Gasteiger partial charge in [0.2, 0.25) is 11.8 Å². The van der Waals surface area contributed by atoms with E-state index in [2.05, 4.69) is 21.0 Å². The lowest BCUT2D eigenvalue weighted by molar-refractivity contribution is -0.121. The monoisotopic (exact) mass is 491 g/mol. The number of rotatable bonds is 8. The van der Waals surface area contributed by atoms with Crippen LogP contribution in [-0.2, 0) is 16.6 Å². The number of nitrogens with zero attached hydrogens (tertiary/aromatic N) is 2. The second-order valence-electron chi connectivity index (χ2n) is 7.94. The molecule has 2 aromatic heterocycles. The van der Waals surface area contributed by atoms with Crippen LogP contribution in [0.1, 0.15) is 22.5 Å². The Bertz CT molecular complexity index is 1360. The van der Waals surface area contributed by atoms with Crippen molar-refractivity contribution in [2.75, 3.05) is 12.4 Å². The summed E-state index contributed by atoms with van der Waals surface area (Å²) in [5.74, 6) is -1.03. The van der Waals surface area contributed by atoms with Gasteiger partial charge in [0.1, 0.15) is 22.3 Å². The first kappa shape index (κ1) is 24.0. The molecule has 0 radical (unpaired) electrons. The molecule has 0 bridgehead atoms. The molecular weight excluding hydrogens is 466 g/mol. The summed E-state index contributed by atoms with van der Waals surface area (Å²) in [7, 11) is 3.34. The SMILES string of the molecule is CNC(=O)CC[C@H](NC(=O)c1cc2c(-c3ccccc3)nn(C)c2s1)C(=O)Nc1ccc(O)cc1. The van der Waals surface area contributed by atoms with Crippen LogP contribution in [0.4, 0.5) is 5.69 Å². The van der Waals surface area contributed by atoms with Gasteiger partial charge in [-0.05, 0) is 36.8 Å². The summed E-state index contributed by atoms with van der Waals surface area (Å²) in [6.07, 6.45) is 0.190. The number of aromatic hydroxyl groups is 1. The summed E-state index contributed by atoms with van der Waals surface area (Å²) in [6.45, 7) is 0. The third-order valence-corrected chi connectivity index (χ3v) is 6.68. The van der Waals surface area contributed by atoms with Crippen molar-refractivity contribution in [2.45, 2.75) is 18.9 Å². The molecular formula is C25H25N5O4S. The van der Waals surface area contributed by atoms with Gasteiger partial charge >= 0.3 is 0 Å². The van der Waals surface area contributed by atoms with Gasteiger partial charge in [-0.1, -0.05) is 30.3 Å². The fourth-order valence-corrected chi connectivity index (χ4v) is 4.61. The van der Waals surface area contributed by atoms with Crippen molar-refractivity contribution < 1.29 is 19.5 Å². The number of aryl methyl sites for hydroxylation is 1. The highest BCUT2D eigenvalue weighted by Gasteiger charge is 2.25. The van der Waals surface area contributed by atoms with Crippen LogP contribution in [0.15, 0.2) is 60.7 Å². The maximum absolute atomic E-state index is 13.2. The highest BCUT2D eigenvalue weighted by Crippen LogP contribution is 2.33. The second-order valence-corrected chi connectivity index (χ2v) is 8.97. The number of hydrogen-bond donors (Lipinski definition) is 4. The largest absolute Gasteiger partial charge is 0.508 e. The van der Waals surface area contributed by atoms with Crippen molar-refractivity contribution in [1.82, 2.24) is 20.4 Å². The Morgan fingerprint density at radius 1 is 1.09 bits per heavy atom. The van der Waals surface area contributed by atoms with Crippen molar-refractivity contribution in [3.63, 3.8) is 0 Å². The van der Waals surface area contributed by atoms with Crippen LogP contribution in [-0.4, -0.2) is 45.7 Å².